The minimum atomic E-state index is -0.930. The highest BCUT2D eigenvalue weighted by atomic mass is 16.4. The molecular weight excluding hydrogens is 178 g/mol. The van der Waals surface area contributed by atoms with Gasteiger partial charge in [0.1, 0.15) is 0 Å². The van der Waals surface area contributed by atoms with Crippen LogP contribution in [-0.2, 0) is 0 Å². The van der Waals surface area contributed by atoms with Crippen LogP contribution in [-0.4, -0.2) is 24.7 Å². The van der Waals surface area contributed by atoms with E-state index in [1.54, 1.807) is 18.2 Å². The Bertz CT molecular complexity index is 379. The van der Waals surface area contributed by atoms with Gasteiger partial charge in [-0.3, -0.25) is 0 Å². The zero-order valence-electron chi connectivity index (χ0n) is 7.90. The first-order chi connectivity index (χ1) is 6.65. The fourth-order valence-corrected chi connectivity index (χ4v) is 1.10. The molecule has 0 aliphatic rings. The Morgan fingerprint density at radius 1 is 1.64 bits per heavy atom. The van der Waals surface area contributed by atoms with Gasteiger partial charge in [-0.05, 0) is 18.2 Å². The molecule has 0 aliphatic heterocycles. The molecule has 1 aromatic carbocycles. The van der Waals surface area contributed by atoms with Gasteiger partial charge in [0, 0.05) is 12.7 Å². The van der Waals surface area contributed by atoms with Gasteiger partial charge in [0.25, 0.3) is 0 Å². The molecule has 1 aromatic rings. The first-order valence-electron chi connectivity index (χ1n) is 4.13. The Balaban J connectivity index is 2.94. The molecule has 0 bridgehead atoms. The van der Waals surface area contributed by atoms with Crippen LogP contribution in [0.5, 0.6) is 0 Å². The summed E-state index contributed by atoms with van der Waals surface area (Å²) >= 11 is 0. The van der Waals surface area contributed by atoms with Gasteiger partial charge >= 0.3 is 5.97 Å². The van der Waals surface area contributed by atoms with E-state index in [0.29, 0.717) is 6.54 Å². The van der Waals surface area contributed by atoms with Crippen LogP contribution in [0, 0.1) is 12.3 Å². The lowest BCUT2D eigenvalue weighted by Crippen LogP contribution is -2.17. The SMILES string of the molecule is C#CCN(C)c1cccc(C(=O)O)c1. The van der Waals surface area contributed by atoms with Gasteiger partial charge in [-0.15, -0.1) is 6.42 Å². The van der Waals surface area contributed by atoms with E-state index in [4.69, 9.17) is 11.5 Å². The zero-order chi connectivity index (χ0) is 10.6. The largest absolute Gasteiger partial charge is 0.478 e. The van der Waals surface area contributed by atoms with Crippen LogP contribution in [0.15, 0.2) is 24.3 Å². The molecule has 0 fully saturated rings. The first-order valence-corrected chi connectivity index (χ1v) is 4.13. The van der Waals surface area contributed by atoms with E-state index in [9.17, 15) is 4.79 Å². The first kappa shape index (κ1) is 10.1. The fourth-order valence-electron chi connectivity index (χ4n) is 1.10. The molecule has 0 spiro atoms. The molecule has 72 valence electrons. The second-order valence-electron chi connectivity index (χ2n) is 2.92. The molecule has 0 heterocycles. The van der Waals surface area contributed by atoms with E-state index in [1.807, 2.05) is 18.0 Å². The Hall–Kier alpha value is -1.95. The number of carboxylic acid groups (broad SMARTS) is 1. The van der Waals surface area contributed by atoms with Gasteiger partial charge in [0.15, 0.2) is 0 Å². The van der Waals surface area contributed by atoms with Crippen molar-refractivity contribution in [3.8, 4) is 12.3 Å². The van der Waals surface area contributed by atoms with E-state index < -0.39 is 5.97 Å². The topological polar surface area (TPSA) is 40.5 Å². The van der Waals surface area contributed by atoms with Crippen molar-refractivity contribution in [1.82, 2.24) is 0 Å². The summed E-state index contributed by atoms with van der Waals surface area (Å²) in [6.07, 6.45) is 5.16. The van der Waals surface area contributed by atoms with Gasteiger partial charge in [0.2, 0.25) is 0 Å². The number of aromatic carboxylic acids is 1. The van der Waals surface area contributed by atoms with Gasteiger partial charge in [-0.1, -0.05) is 12.0 Å². The number of rotatable bonds is 3. The van der Waals surface area contributed by atoms with Crippen LogP contribution in [0.4, 0.5) is 5.69 Å². The van der Waals surface area contributed by atoms with E-state index in [1.165, 1.54) is 0 Å². The summed E-state index contributed by atoms with van der Waals surface area (Å²) in [5, 5.41) is 8.76. The lowest BCUT2D eigenvalue weighted by Gasteiger charge is -2.16. The van der Waals surface area contributed by atoms with E-state index in [2.05, 4.69) is 5.92 Å². The summed E-state index contributed by atoms with van der Waals surface area (Å²) in [5.74, 6) is 1.56. The average Bonchev–Trinajstić information content (AvgIpc) is 2.18. The van der Waals surface area contributed by atoms with Crippen molar-refractivity contribution in [3.05, 3.63) is 29.8 Å². The molecular formula is C11H11NO2. The van der Waals surface area contributed by atoms with Crippen LogP contribution in [0.3, 0.4) is 0 Å². The van der Waals surface area contributed by atoms with Crippen LogP contribution in [0.2, 0.25) is 0 Å². The Kier molecular flexibility index (Phi) is 3.14. The van der Waals surface area contributed by atoms with Crippen LogP contribution in [0.25, 0.3) is 0 Å². The standard InChI is InChI=1S/C11H11NO2/c1-3-7-12(2)10-6-4-5-9(8-10)11(13)14/h1,4-6,8H,7H2,2H3,(H,13,14). The van der Waals surface area contributed by atoms with Crippen molar-refractivity contribution in [2.75, 3.05) is 18.5 Å². The Morgan fingerprint density at radius 3 is 2.93 bits per heavy atom. The summed E-state index contributed by atoms with van der Waals surface area (Å²) < 4.78 is 0. The molecule has 1 N–H and O–H groups in total. The number of anilines is 1. The van der Waals surface area contributed by atoms with Gasteiger partial charge in [0.05, 0.1) is 12.1 Å². The maximum Gasteiger partial charge on any atom is 0.335 e. The Morgan fingerprint density at radius 2 is 2.36 bits per heavy atom. The number of hydrogen-bond acceptors (Lipinski definition) is 2. The van der Waals surface area contributed by atoms with Crippen molar-refractivity contribution in [1.29, 1.82) is 0 Å². The molecule has 14 heavy (non-hydrogen) atoms. The number of carbonyl (C=O) groups is 1. The second-order valence-corrected chi connectivity index (χ2v) is 2.92. The fraction of sp³-hybridized carbons (Fsp3) is 0.182. The number of benzene rings is 1. The summed E-state index contributed by atoms with van der Waals surface area (Å²) in [6, 6.07) is 6.67. The zero-order valence-corrected chi connectivity index (χ0v) is 7.90. The predicted molar refractivity (Wildman–Crippen MR) is 55.5 cm³/mol. The highest BCUT2D eigenvalue weighted by Crippen LogP contribution is 2.14. The highest BCUT2D eigenvalue weighted by Gasteiger charge is 2.04. The summed E-state index contributed by atoms with van der Waals surface area (Å²) in [4.78, 5) is 12.5. The third-order valence-corrected chi connectivity index (χ3v) is 1.86. The van der Waals surface area contributed by atoms with Crippen LogP contribution >= 0.6 is 0 Å². The number of terminal acetylenes is 1. The monoisotopic (exact) mass is 189 g/mol. The number of nitrogens with zero attached hydrogens (tertiary/aromatic N) is 1. The molecule has 0 radical (unpaired) electrons. The molecule has 0 atom stereocenters. The van der Waals surface area contributed by atoms with Gasteiger partial charge in [-0.25, -0.2) is 4.79 Å². The normalized spacial score (nSPS) is 9.14. The molecule has 0 saturated carbocycles. The highest BCUT2D eigenvalue weighted by molar-refractivity contribution is 5.88. The van der Waals surface area contributed by atoms with Crippen molar-refractivity contribution in [3.63, 3.8) is 0 Å². The number of hydrogen-bond donors (Lipinski definition) is 1. The smallest absolute Gasteiger partial charge is 0.335 e. The number of carboxylic acids is 1. The molecule has 0 aliphatic carbocycles. The van der Waals surface area contributed by atoms with Gasteiger partial charge < -0.3 is 10.0 Å². The minimum Gasteiger partial charge on any atom is -0.478 e. The molecule has 3 heteroatoms. The maximum absolute atomic E-state index is 10.7. The quantitative estimate of drug-likeness (QED) is 0.732. The van der Waals surface area contributed by atoms with E-state index in [-0.39, 0.29) is 5.56 Å². The summed E-state index contributed by atoms with van der Waals surface area (Å²) in [7, 11) is 1.82. The minimum absolute atomic E-state index is 0.270. The van der Waals surface area contributed by atoms with Crippen molar-refractivity contribution >= 4 is 11.7 Å². The maximum atomic E-state index is 10.7. The van der Waals surface area contributed by atoms with Gasteiger partial charge in [-0.2, -0.15) is 0 Å². The molecule has 3 nitrogen and oxygen atoms in total. The van der Waals surface area contributed by atoms with E-state index >= 15 is 0 Å². The third-order valence-electron chi connectivity index (χ3n) is 1.86. The Labute approximate surface area is 83.0 Å². The third kappa shape index (κ3) is 2.27. The molecule has 0 unspecified atom stereocenters. The van der Waals surface area contributed by atoms with Crippen molar-refractivity contribution in [2.24, 2.45) is 0 Å². The molecule has 0 amide bonds. The molecule has 0 aromatic heterocycles. The lowest BCUT2D eigenvalue weighted by molar-refractivity contribution is 0.0697. The van der Waals surface area contributed by atoms with Crippen molar-refractivity contribution < 1.29 is 9.90 Å². The van der Waals surface area contributed by atoms with Crippen LogP contribution < -0.4 is 4.90 Å². The molecule has 1 rings (SSSR count). The van der Waals surface area contributed by atoms with E-state index in [0.717, 1.165) is 5.69 Å². The predicted octanol–water partition coefficient (Wildman–Crippen LogP) is 1.45. The second kappa shape index (κ2) is 4.33. The summed E-state index contributed by atoms with van der Waals surface area (Å²) in [5.41, 5.74) is 1.08. The van der Waals surface area contributed by atoms with Crippen molar-refractivity contribution in [2.45, 2.75) is 0 Å². The van der Waals surface area contributed by atoms with Crippen LogP contribution in [0.1, 0.15) is 10.4 Å². The summed E-state index contributed by atoms with van der Waals surface area (Å²) in [6.45, 7) is 0.461. The molecule has 0 saturated heterocycles. The lowest BCUT2D eigenvalue weighted by atomic mass is 10.2. The average molecular weight is 189 g/mol.